The van der Waals surface area contributed by atoms with Gasteiger partial charge in [-0.2, -0.15) is 0 Å². The molecular weight excluding hydrogens is 334 g/mol. The van der Waals surface area contributed by atoms with Crippen LogP contribution in [0.3, 0.4) is 0 Å². The quantitative estimate of drug-likeness (QED) is 0.705. The number of carbonyl (C=O) groups is 1. The number of nitrogens with zero attached hydrogens (tertiary/aromatic N) is 3. The number of rotatable bonds is 2. The van der Waals surface area contributed by atoms with Gasteiger partial charge in [0.15, 0.2) is 0 Å². The van der Waals surface area contributed by atoms with Gasteiger partial charge in [-0.05, 0) is 36.6 Å². The topological polar surface area (TPSA) is 36.4 Å². The summed E-state index contributed by atoms with van der Waals surface area (Å²) in [6.45, 7) is 5.66. The lowest BCUT2D eigenvalue weighted by Gasteiger charge is -2.47. The second-order valence-electron chi connectivity index (χ2n) is 7.68. The zero-order valence-corrected chi connectivity index (χ0v) is 15.6. The summed E-state index contributed by atoms with van der Waals surface area (Å²) in [6, 6.07) is 19.1. The van der Waals surface area contributed by atoms with Gasteiger partial charge in [-0.25, -0.2) is 0 Å². The number of aryl methyl sites for hydroxylation is 1. The number of hydrogen-bond acceptors (Lipinski definition) is 3. The Labute approximate surface area is 159 Å². The SMILES string of the molecule is Cc1ccc2cccc(C(=O)N3CC(N4CCc5ccccc5C4)C3)c2n1. The maximum absolute atomic E-state index is 13.0. The molecule has 1 fully saturated rings. The Kier molecular flexibility index (Phi) is 3.94. The van der Waals surface area contributed by atoms with E-state index in [1.165, 1.54) is 11.1 Å². The molecule has 3 aromatic rings. The molecule has 4 nitrogen and oxygen atoms in total. The minimum absolute atomic E-state index is 0.104. The van der Waals surface area contributed by atoms with Gasteiger partial charge >= 0.3 is 0 Å². The lowest BCUT2D eigenvalue weighted by atomic mass is 9.96. The zero-order valence-electron chi connectivity index (χ0n) is 15.6. The van der Waals surface area contributed by atoms with Crippen molar-refractivity contribution < 1.29 is 4.79 Å². The summed E-state index contributed by atoms with van der Waals surface area (Å²) in [7, 11) is 0. The average Bonchev–Trinajstić information content (AvgIpc) is 2.66. The van der Waals surface area contributed by atoms with Crippen LogP contribution in [-0.2, 0) is 13.0 Å². The third-order valence-electron chi connectivity index (χ3n) is 5.92. The van der Waals surface area contributed by atoms with Gasteiger partial charge in [-0.3, -0.25) is 14.7 Å². The molecule has 5 rings (SSSR count). The molecule has 0 unspecified atom stereocenters. The van der Waals surface area contributed by atoms with Crippen LogP contribution in [0.25, 0.3) is 10.9 Å². The summed E-state index contributed by atoms with van der Waals surface area (Å²) < 4.78 is 0. The molecule has 1 amide bonds. The summed E-state index contributed by atoms with van der Waals surface area (Å²) >= 11 is 0. The van der Waals surface area contributed by atoms with Crippen LogP contribution < -0.4 is 0 Å². The van der Waals surface area contributed by atoms with Crippen LogP contribution >= 0.6 is 0 Å². The highest BCUT2D eigenvalue weighted by Gasteiger charge is 2.36. The number of carbonyl (C=O) groups excluding carboxylic acids is 1. The highest BCUT2D eigenvalue weighted by Crippen LogP contribution is 2.26. The molecule has 3 heterocycles. The normalized spacial score (nSPS) is 17.6. The number of amides is 1. The van der Waals surface area contributed by atoms with Crippen molar-refractivity contribution in [3.05, 3.63) is 77.0 Å². The van der Waals surface area contributed by atoms with E-state index in [1.54, 1.807) is 0 Å². The Morgan fingerprint density at radius 3 is 2.67 bits per heavy atom. The number of fused-ring (bicyclic) bond motifs is 2. The first-order chi connectivity index (χ1) is 13.2. The van der Waals surface area contributed by atoms with E-state index in [-0.39, 0.29) is 5.91 Å². The first-order valence-corrected chi connectivity index (χ1v) is 9.65. The number of aromatic nitrogens is 1. The van der Waals surface area contributed by atoms with Crippen molar-refractivity contribution in [1.29, 1.82) is 0 Å². The highest BCUT2D eigenvalue weighted by molar-refractivity contribution is 6.05. The molecule has 0 aliphatic carbocycles. The zero-order chi connectivity index (χ0) is 18.4. The van der Waals surface area contributed by atoms with Gasteiger partial charge in [0, 0.05) is 43.3 Å². The molecule has 2 aliphatic heterocycles. The van der Waals surface area contributed by atoms with Crippen LogP contribution in [0.4, 0.5) is 0 Å². The van der Waals surface area contributed by atoms with Crippen molar-refractivity contribution in [3.8, 4) is 0 Å². The van der Waals surface area contributed by atoms with Crippen LogP contribution in [0.2, 0.25) is 0 Å². The summed E-state index contributed by atoms with van der Waals surface area (Å²) in [4.78, 5) is 22.1. The van der Waals surface area contributed by atoms with E-state index in [1.807, 2.05) is 42.2 Å². The van der Waals surface area contributed by atoms with E-state index >= 15 is 0 Å². The van der Waals surface area contributed by atoms with Crippen molar-refractivity contribution in [2.45, 2.75) is 25.9 Å². The number of likely N-dealkylation sites (tertiary alicyclic amines) is 1. The Balaban J connectivity index is 1.30. The molecule has 0 saturated carbocycles. The molecule has 0 N–H and O–H groups in total. The molecule has 1 aromatic heterocycles. The van der Waals surface area contributed by atoms with E-state index in [9.17, 15) is 4.79 Å². The van der Waals surface area contributed by atoms with Crippen molar-refractivity contribution in [2.75, 3.05) is 19.6 Å². The Hall–Kier alpha value is -2.72. The van der Waals surface area contributed by atoms with Crippen molar-refractivity contribution in [2.24, 2.45) is 0 Å². The van der Waals surface area contributed by atoms with E-state index in [0.29, 0.717) is 6.04 Å². The standard InChI is InChI=1S/C23H23N3O/c1-16-9-10-18-7-4-8-21(22(18)24-16)23(27)26-14-20(15-26)25-12-11-17-5-2-3-6-19(17)13-25/h2-10,20H,11-15H2,1H3. The maximum Gasteiger partial charge on any atom is 0.256 e. The van der Waals surface area contributed by atoms with E-state index < -0.39 is 0 Å². The Morgan fingerprint density at radius 1 is 1.00 bits per heavy atom. The number of hydrogen-bond donors (Lipinski definition) is 0. The fourth-order valence-electron chi connectivity index (χ4n) is 4.27. The first-order valence-electron chi connectivity index (χ1n) is 9.65. The van der Waals surface area contributed by atoms with Crippen LogP contribution in [0.5, 0.6) is 0 Å². The van der Waals surface area contributed by atoms with Crippen molar-refractivity contribution in [1.82, 2.24) is 14.8 Å². The molecule has 2 aromatic carbocycles. The average molecular weight is 357 g/mol. The molecule has 1 saturated heterocycles. The van der Waals surface area contributed by atoms with Gasteiger partial charge in [-0.15, -0.1) is 0 Å². The van der Waals surface area contributed by atoms with Gasteiger partial charge in [0.25, 0.3) is 5.91 Å². The molecule has 4 heteroatoms. The molecule has 27 heavy (non-hydrogen) atoms. The second-order valence-corrected chi connectivity index (χ2v) is 7.68. The van der Waals surface area contributed by atoms with Crippen LogP contribution in [-0.4, -0.2) is 46.4 Å². The number of benzene rings is 2. The third-order valence-corrected chi connectivity index (χ3v) is 5.92. The minimum Gasteiger partial charge on any atom is -0.335 e. The summed E-state index contributed by atoms with van der Waals surface area (Å²) in [5.41, 5.74) is 5.38. The largest absolute Gasteiger partial charge is 0.335 e. The van der Waals surface area contributed by atoms with Crippen LogP contribution in [0.1, 0.15) is 27.2 Å². The van der Waals surface area contributed by atoms with E-state index in [4.69, 9.17) is 0 Å². The number of pyridine rings is 1. The summed E-state index contributed by atoms with van der Waals surface area (Å²) in [6.07, 6.45) is 1.10. The molecule has 0 radical (unpaired) electrons. The summed E-state index contributed by atoms with van der Waals surface area (Å²) in [5.74, 6) is 0.104. The molecular formula is C23H23N3O. The maximum atomic E-state index is 13.0. The molecule has 136 valence electrons. The van der Waals surface area contributed by atoms with Crippen LogP contribution in [0.15, 0.2) is 54.6 Å². The lowest BCUT2D eigenvalue weighted by molar-refractivity contribution is 0.0220. The molecule has 0 bridgehead atoms. The lowest BCUT2D eigenvalue weighted by Crippen LogP contribution is -2.61. The summed E-state index contributed by atoms with van der Waals surface area (Å²) in [5, 5.41) is 1.02. The predicted molar refractivity (Wildman–Crippen MR) is 107 cm³/mol. The third kappa shape index (κ3) is 2.90. The fourth-order valence-corrected chi connectivity index (χ4v) is 4.27. The van der Waals surface area contributed by atoms with Gasteiger partial charge in [0.2, 0.25) is 0 Å². The van der Waals surface area contributed by atoms with Crippen molar-refractivity contribution in [3.63, 3.8) is 0 Å². The molecule has 0 atom stereocenters. The Bertz CT molecular complexity index is 1020. The van der Waals surface area contributed by atoms with Crippen molar-refractivity contribution >= 4 is 16.8 Å². The van der Waals surface area contributed by atoms with Gasteiger partial charge in [0.05, 0.1) is 11.1 Å². The fraction of sp³-hybridized carbons (Fsp3) is 0.304. The van der Waals surface area contributed by atoms with E-state index in [2.05, 4.69) is 34.1 Å². The van der Waals surface area contributed by atoms with Crippen LogP contribution in [0, 0.1) is 6.92 Å². The van der Waals surface area contributed by atoms with E-state index in [0.717, 1.165) is 54.8 Å². The second kappa shape index (κ2) is 6.46. The smallest absolute Gasteiger partial charge is 0.256 e. The van der Waals surface area contributed by atoms with Gasteiger partial charge in [0.1, 0.15) is 0 Å². The minimum atomic E-state index is 0.104. The predicted octanol–water partition coefficient (Wildman–Crippen LogP) is 3.43. The number of para-hydroxylation sites is 1. The van der Waals surface area contributed by atoms with Gasteiger partial charge in [-0.1, -0.05) is 42.5 Å². The molecule has 0 spiro atoms. The molecule has 2 aliphatic rings. The highest BCUT2D eigenvalue weighted by atomic mass is 16.2. The first kappa shape index (κ1) is 16.5. The Morgan fingerprint density at radius 2 is 1.81 bits per heavy atom. The van der Waals surface area contributed by atoms with Gasteiger partial charge < -0.3 is 4.90 Å². The monoisotopic (exact) mass is 357 g/mol.